The molecule has 0 fully saturated rings. The molecule has 116 valence electrons. The van der Waals surface area contributed by atoms with Crippen LogP contribution in [0.5, 0.6) is 5.75 Å². The van der Waals surface area contributed by atoms with E-state index in [2.05, 4.69) is 5.32 Å². The van der Waals surface area contributed by atoms with Crippen LogP contribution in [-0.4, -0.2) is 19.7 Å². The maximum atomic E-state index is 12.1. The van der Waals surface area contributed by atoms with Crippen LogP contribution in [0, 0.1) is 0 Å². The molecular weight excluding hydrogens is 280 g/mol. The molecule has 0 aliphatic rings. The molecular formula is C17H20N2O3. The van der Waals surface area contributed by atoms with Gasteiger partial charge in [0.1, 0.15) is 5.75 Å². The van der Waals surface area contributed by atoms with E-state index in [1.807, 2.05) is 31.2 Å². The highest BCUT2D eigenvalue weighted by atomic mass is 16.5. The summed E-state index contributed by atoms with van der Waals surface area (Å²) >= 11 is 0. The minimum atomic E-state index is -0.389. The SMILES string of the molecule is CCCOC(=O)c1cc(N)ccc1Nc1cccc(OC)c1. The van der Waals surface area contributed by atoms with Gasteiger partial charge in [-0.05, 0) is 36.8 Å². The zero-order chi connectivity index (χ0) is 15.9. The fourth-order valence-electron chi connectivity index (χ4n) is 1.97. The topological polar surface area (TPSA) is 73.6 Å². The van der Waals surface area contributed by atoms with Gasteiger partial charge in [-0.15, -0.1) is 0 Å². The number of methoxy groups -OCH3 is 1. The van der Waals surface area contributed by atoms with Crippen molar-refractivity contribution in [3.05, 3.63) is 48.0 Å². The van der Waals surface area contributed by atoms with Crippen molar-refractivity contribution >= 4 is 23.0 Å². The molecule has 5 heteroatoms. The molecule has 0 aliphatic carbocycles. The Kier molecular flexibility index (Phi) is 5.25. The van der Waals surface area contributed by atoms with Crippen molar-refractivity contribution in [2.75, 3.05) is 24.8 Å². The molecule has 3 N–H and O–H groups in total. The van der Waals surface area contributed by atoms with Crippen LogP contribution in [0.2, 0.25) is 0 Å². The van der Waals surface area contributed by atoms with E-state index in [-0.39, 0.29) is 5.97 Å². The summed E-state index contributed by atoms with van der Waals surface area (Å²) in [5, 5.41) is 3.20. The lowest BCUT2D eigenvalue weighted by atomic mass is 10.1. The van der Waals surface area contributed by atoms with Gasteiger partial charge >= 0.3 is 5.97 Å². The van der Waals surface area contributed by atoms with E-state index in [0.29, 0.717) is 23.5 Å². The van der Waals surface area contributed by atoms with Crippen LogP contribution >= 0.6 is 0 Å². The fourth-order valence-corrected chi connectivity index (χ4v) is 1.97. The third kappa shape index (κ3) is 3.91. The van der Waals surface area contributed by atoms with E-state index in [1.54, 1.807) is 25.3 Å². The number of esters is 1. The second-order valence-corrected chi connectivity index (χ2v) is 4.80. The predicted octanol–water partition coefficient (Wildman–Crippen LogP) is 3.59. The molecule has 0 spiro atoms. The molecule has 5 nitrogen and oxygen atoms in total. The first-order valence-corrected chi connectivity index (χ1v) is 7.11. The minimum absolute atomic E-state index is 0.381. The molecule has 0 heterocycles. The number of benzene rings is 2. The Morgan fingerprint density at radius 3 is 2.77 bits per heavy atom. The van der Waals surface area contributed by atoms with E-state index < -0.39 is 0 Å². The fraction of sp³-hybridized carbons (Fsp3) is 0.235. The smallest absolute Gasteiger partial charge is 0.340 e. The van der Waals surface area contributed by atoms with Crippen LogP contribution in [0.25, 0.3) is 0 Å². The summed E-state index contributed by atoms with van der Waals surface area (Å²) < 4.78 is 10.4. The number of nitrogens with two attached hydrogens (primary N) is 1. The van der Waals surface area contributed by atoms with Gasteiger partial charge in [0.2, 0.25) is 0 Å². The molecule has 0 aromatic heterocycles. The molecule has 0 saturated heterocycles. The van der Waals surface area contributed by atoms with Crippen LogP contribution in [0.15, 0.2) is 42.5 Å². The Balaban J connectivity index is 2.27. The number of hydrogen-bond acceptors (Lipinski definition) is 5. The number of rotatable bonds is 6. The highest BCUT2D eigenvalue weighted by Crippen LogP contribution is 2.26. The van der Waals surface area contributed by atoms with E-state index in [4.69, 9.17) is 15.2 Å². The number of anilines is 3. The average Bonchev–Trinajstić information content (AvgIpc) is 2.54. The maximum Gasteiger partial charge on any atom is 0.340 e. The van der Waals surface area contributed by atoms with Crippen molar-refractivity contribution < 1.29 is 14.3 Å². The summed E-state index contributed by atoms with van der Waals surface area (Å²) in [5.74, 6) is 0.343. The summed E-state index contributed by atoms with van der Waals surface area (Å²) in [5.41, 5.74) is 8.16. The Morgan fingerprint density at radius 2 is 2.05 bits per heavy atom. The highest BCUT2D eigenvalue weighted by molar-refractivity contribution is 5.97. The van der Waals surface area contributed by atoms with Crippen molar-refractivity contribution in [1.82, 2.24) is 0 Å². The first-order chi connectivity index (χ1) is 10.6. The molecule has 0 aliphatic heterocycles. The quantitative estimate of drug-likeness (QED) is 0.630. The molecule has 2 aromatic carbocycles. The number of hydrogen-bond donors (Lipinski definition) is 2. The van der Waals surface area contributed by atoms with Crippen molar-refractivity contribution in [2.24, 2.45) is 0 Å². The molecule has 0 saturated carbocycles. The van der Waals surface area contributed by atoms with Crippen molar-refractivity contribution in [3.8, 4) is 5.75 Å². The summed E-state index contributed by atoms with van der Waals surface area (Å²) in [7, 11) is 1.61. The minimum Gasteiger partial charge on any atom is -0.497 e. The van der Waals surface area contributed by atoms with Gasteiger partial charge in [-0.2, -0.15) is 0 Å². The number of carbonyl (C=O) groups excluding carboxylic acids is 1. The number of carbonyl (C=O) groups is 1. The predicted molar refractivity (Wildman–Crippen MR) is 87.7 cm³/mol. The van der Waals surface area contributed by atoms with Crippen LogP contribution < -0.4 is 15.8 Å². The van der Waals surface area contributed by atoms with Crippen LogP contribution in [0.4, 0.5) is 17.1 Å². The van der Waals surface area contributed by atoms with Crippen LogP contribution in [0.1, 0.15) is 23.7 Å². The van der Waals surface area contributed by atoms with Gasteiger partial charge in [0.05, 0.1) is 25.0 Å². The van der Waals surface area contributed by atoms with Gasteiger partial charge in [0, 0.05) is 17.4 Å². The molecule has 0 atom stereocenters. The maximum absolute atomic E-state index is 12.1. The van der Waals surface area contributed by atoms with E-state index >= 15 is 0 Å². The van der Waals surface area contributed by atoms with Gasteiger partial charge in [-0.3, -0.25) is 0 Å². The summed E-state index contributed by atoms with van der Waals surface area (Å²) in [6, 6.07) is 12.6. The first kappa shape index (κ1) is 15.7. The summed E-state index contributed by atoms with van der Waals surface area (Å²) in [6.07, 6.45) is 0.771. The van der Waals surface area contributed by atoms with Gasteiger partial charge < -0.3 is 20.5 Å². The number of nitrogens with one attached hydrogen (secondary N) is 1. The van der Waals surface area contributed by atoms with Gasteiger partial charge in [-0.25, -0.2) is 4.79 Å². The summed E-state index contributed by atoms with van der Waals surface area (Å²) in [6.45, 7) is 2.33. The second-order valence-electron chi connectivity index (χ2n) is 4.80. The number of nitrogen functional groups attached to an aromatic ring is 1. The lowest BCUT2D eigenvalue weighted by Gasteiger charge is -2.13. The van der Waals surface area contributed by atoms with Gasteiger partial charge in [-0.1, -0.05) is 13.0 Å². The lowest BCUT2D eigenvalue weighted by molar-refractivity contribution is 0.0506. The molecule has 0 unspecified atom stereocenters. The average molecular weight is 300 g/mol. The third-order valence-corrected chi connectivity index (χ3v) is 3.05. The first-order valence-electron chi connectivity index (χ1n) is 7.11. The van der Waals surface area contributed by atoms with Crippen molar-refractivity contribution in [3.63, 3.8) is 0 Å². The largest absolute Gasteiger partial charge is 0.497 e. The molecule has 2 rings (SSSR count). The normalized spacial score (nSPS) is 10.1. The van der Waals surface area contributed by atoms with Gasteiger partial charge in [0.15, 0.2) is 0 Å². The molecule has 2 aromatic rings. The highest BCUT2D eigenvalue weighted by Gasteiger charge is 2.13. The van der Waals surface area contributed by atoms with Crippen LogP contribution in [-0.2, 0) is 4.74 Å². The third-order valence-electron chi connectivity index (χ3n) is 3.05. The number of ether oxygens (including phenoxy) is 2. The second kappa shape index (κ2) is 7.36. The van der Waals surface area contributed by atoms with Crippen LogP contribution in [0.3, 0.4) is 0 Å². The van der Waals surface area contributed by atoms with Crippen molar-refractivity contribution in [1.29, 1.82) is 0 Å². The summed E-state index contributed by atoms with van der Waals surface area (Å²) in [4.78, 5) is 12.1. The standard InChI is InChI=1S/C17H20N2O3/c1-3-9-22-17(20)15-10-12(18)7-8-16(15)19-13-5-4-6-14(11-13)21-2/h4-8,10-11,19H,3,9,18H2,1-2H3. The molecule has 0 radical (unpaired) electrons. The Labute approximate surface area is 130 Å². The van der Waals surface area contributed by atoms with E-state index in [1.165, 1.54) is 0 Å². The zero-order valence-electron chi connectivity index (χ0n) is 12.8. The zero-order valence-corrected chi connectivity index (χ0v) is 12.8. The Hall–Kier alpha value is -2.69. The Bertz CT molecular complexity index is 656. The van der Waals surface area contributed by atoms with E-state index in [0.717, 1.165) is 17.9 Å². The molecule has 0 amide bonds. The molecule has 0 bridgehead atoms. The molecule has 22 heavy (non-hydrogen) atoms. The van der Waals surface area contributed by atoms with Crippen molar-refractivity contribution in [2.45, 2.75) is 13.3 Å². The Morgan fingerprint density at radius 1 is 1.23 bits per heavy atom. The lowest BCUT2D eigenvalue weighted by Crippen LogP contribution is -2.09. The van der Waals surface area contributed by atoms with E-state index in [9.17, 15) is 4.79 Å². The van der Waals surface area contributed by atoms with Gasteiger partial charge in [0.25, 0.3) is 0 Å². The monoisotopic (exact) mass is 300 g/mol.